The summed E-state index contributed by atoms with van der Waals surface area (Å²) >= 11 is 1.25. The molecule has 0 aliphatic carbocycles. The normalized spacial score (nSPS) is 17.6. The maximum atomic E-state index is 11.9. The van der Waals surface area contributed by atoms with Gasteiger partial charge in [-0.15, -0.1) is 10.2 Å². The van der Waals surface area contributed by atoms with Crippen molar-refractivity contribution >= 4 is 33.3 Å². The van der Waals surface area contributed by atoms with E-state index < -0.39 is 10.8 Å². The number of rotatable bonds is 5. The average Bonchev–Trinajstić information content (AvgIpc) is 2.95. The number of nitrogens with zero attached hydrogens (tertiary/aromatic N) is 4. The minimum absolute atomic E-state index is 0.0722. The maximum absolute atomic E-state index is 11.9. The molecule has 0 N–H and O–H groups in total. The molecule has 0 bridgehead atoms. The lowest BCUT2D eigenvalue weighted by molar-refractivity contribution is 0.229. The Labute approximate surface area is 112 Å². The van der Waals surface area contributed by atoms with Crippen LogP contribution in [0, 0.1) is 0 Å². The standard InChI is InChI=1S/C10H16N4O2S2/c1-3-4-7-18(16)9-12-11-8(17-9)14-6-5-13(2)10(14)15/h3-7H2,1-2H3. The van der Waals surface area contributed by atoms with Crippen LogP contribution in [0.4, 0.5) is 9.93 Å². The van der Waals surface area contributed by atoms with E-state index in [1.54, 1.807) is 16.8 Å². The van der Waals surface area contributed by atoms with Gasteiger partial charge in [-0.3, -0.25) is 9.11 Å². The van der Waals surface area contributed by atoms with Crippen LogP contribution in [-0.4, -0.2) is 51.2 Å². The number of amides is 2. The van der Waals surface area contributed by atoms with Gasteiger partial charge in [-0.25, -0.2) is 4.79 Å². The van der Waals surface area contributed by atoms with Crippen LogP contribution in [0.5, 0.6) is 0 Å². The van der Waals surface area contributed by atoms with Gasteiger partial charge in [-0.05, 0) is 6.42 Å². The van der Waals surface area contributed by atoms with Crippen molar-refractivity contribution in [1.29, 1.82) is 0 Å². The predicted octanol–water partition coefficient (Wildman–Crippen LogP) is 1.32. The molecule has 6 nitrogen and oxygen atoms in total. The summed E-state index contributed by atoms with van der Waals surface area (Å²) in [7, 11) is 0.664. The highest BCUT2D eigenvalue weighted by molar-refractivity contribution is 7.87. The summed E-state index contributed by atoms with van der Waals surface area (Å²) in [5.74, 6) is 0.610. The van der Waals surface area contributed by atoms with E-state index in [1.807, 2.05) is 0 Å². The van der Waals surface area contributed by atoms with Crippen LogP contribution in [0.3, 0.4) is 0 Å². The Balaban J connectivity index is 2.06. The minimum atomic E-state index is -1.09. The van der Waals surface area contributed by atoms with Gasteiger partial charge < -0.3 is 4.90 Å². The Kier molecular flexibility index (Phi) is 4.28. The largest absolute Gasteiger partial charge is 0.326 e. The molecule has 1 atom stereocenters. The fraction of sp³-hybridized carbons (Fsp3) is 0.700. The predicted molar refractivity (Wildman–Crippen MR) is 71.5 cm³/mol. The Morgan fingerprint density at radius 1 is 1.39 bits per heavy atom. The van der Waals surface area contributed by atoms with Crippen LogP contribution in [0.15, 0.2) is 4.34 Å². The zero-order valence-electron chi connectivity index (χ0n) is 10.5. The molecule has 100 valence electrons. The third-order valence-electron chi connectivity index (χ3n) is 2.72. The quantitative estimate of drug-likeness (QED) is 0.766. The number of aromatic nitrogens is 2. The van der Waals surface area contributed by atoms with Crippen molar-refractivity contribution in [3.8, 4) is 0 Å². The molecule has 1 aromatic heterocycles. The van der Waals surface area contributed by atoms with Crippen molar-refractivity contribution < 1.29 is 9.00 Å². The third kappa shape index (κ3) is 2.69. The second kappa shape index (κ2) is 5.75. The number of carbonyl (C=O) groups excluding carboxylic acids is 1. The monoisotopic (exact) mass is 288 g/mol. The molecule has 1 fully saturated rings. The summed E-state index contributed by atoms with van der Waals surface area (Å²) in [5.41, 5.74) is 0. The first kappa shape index (κ1) is 13.4. The van der Waals surface area contributed by atoms with Crippen molar-refractivity contribution in [3.05, 3.63) is 0 Å². The van der Waals surface area contributed by atoms with Gasteiger partial charge in [-0.2, -0.15) is 0 Å². The molecule has 0 aromatic carbocycles. The highest BCUT2D eigenvalue weighted by Crippen LogP contribution is 2.25. The molecule has 1 saturated heterocycles. The summed E-state index contributed by atoms with van der Waals surface area (Å²) in [6.45, 7) is 3.36. The van der Waals surface area contributed by atoms with Crippen LogP contribution >= 0.6 is 11.3 Å². The number of anilines is 1. The zero-order valence-corrected chi connectivity index (χ0v) is 12.1. The van der Waals surface area contributed by atoms with Gasteiger partial charge in [0.1, 0.15) is 0 Å². The van der Waals surface area contributed by atoms with Gasteiger partial charge >= 0.3 is 6.03 Å². The molecular weight excluding hydrogens is 272 g/mol. The minimum Gasteiger partial charge on any atom is -0.326 e. The molecule has 8 heteroatoms. The van der Waals surface area contributed by atoms with E-state index in [0.29, 0.717) is 28.3 Å². The maximum Gasteiger partial charge on any atom is 0.326 e. The highest BCUT2D eigenvalue weighted by Gasteiger charge is 2.29. The zero-order chi connectivity index (χ0) is 13.1. The van der Waals surface area contributed by atoms with E-state index in [1.165, 1.54) is 11.3 Å². The summed E-state index contributed by atoms with van der Waals surface area (Å²) in [4.78, 5) is 15.0. The van der Waals surface area contributed by atoms with E-state index in [0.717, 1.165) is 12.8 Å². The average molecular weight is 288 g/mol. The fourth-order valence-electron chi connectivity index (χ4n) is 1.59. The molecule has 2 rings (SSSR count). The summed E-state index contributed by atoms with van der Waals surface area (Å²) in [6, 6.07) is -0.0722. The molecular formula is C10H16N4O2S2. The van der Waals surface area contributed by atoms with Gasteiger partial charge in [-0.1, -0.05) is 24.7 Å². The second-order valence-electron chi connectivity index (χ2n) is 4.11. The van der Waals surface area contributed by atoms with E-state index in [9.17, 15) is 9.00 Å². The van der Waals surface area contributed by atoms with Crippen molar-refractivity contribution in [2.45, 2.75) is 24.1 Å². The van der Waals surface area contributed by atoms with Gasteiger partial charge in [0.15, 0.2) is 0 Å². The topological polar surface area (TPSA) is 66.4 Å². The van der Waals surface area contributed by atoms with E-state index in [2.05, 4.69) is 17.1 Å². The molecule has 18 heavy (non-hydrogen) atoms. The number of likely N-dealkylation sites (N-methyl/N-ethyl adjacent to an activating group) is 1. The first-order valence-electron chi connectivity index (χ1n) is 5.88. The summed E-state index contributed by atoms with van der Waals surface area (Å²) in [6.07, 6.45) is 1.92. The number of hydrogen-bond acceptors (Lipinski definition) is 5. The molecule has 0 radical (unpaired) electrons. The molecule has 1 aliphatic heterocycles. The van der Waals surface area contributed by atoms with Crippen LogP contribution in [0.2, 0.25) is 0 Å². The Morgan fingerprint density at radius 3 is 2.78 bits per heavy atom. The molecule has 1 unspecified atom stereocenters. The Bertz CT molecular complexity index is 462. The van der Waals surface area contributed by atoms with Crippen molar-refractivity contribution in [2.75, 3.05) is 30.8 Å². The van der Waals surface area contributed by atoms with Gasteiger partial charge in [0.25, 0.3) is 0 Å². The van der Waals surface area contributed by atoms with Crippen LogP contribution in [0.1, 0.15) is 19.8 Å². The summed E-state index contributed by atoms with van der Waals surface area (Å²) < 4.78 is 12.4. The molecule has 0 saturated carbocycles. The van der Waals surface area contributed by atoms with Gasteiger partial charge in [0.05, 0.1) is 10.8 Å². The fourth-order valence-corrected chi connectivity index (χ4v) is 3.89. The summed E-state index contributed by atoms with van der Waals surface area (Å²) in [5, 5.41) is 8.44. The number of carbonyl (C=O) groups is 1. The SMILES string of the molecule is CCCCS(=O)c1nnc(N2CCN(C)C2=O)s1. The van der Waals surface area contributed by atoms with Crippen molar-refractivity contribution in [3.63, 3.8) is 0 Å². The van der Waals surface area contributed by atoms with Crippen molar-refractivity contribution in [1.82, 2.24) is 15.1 Å². The number of urea groups is 1. The van der Waals surface area contributed by atoms with E-state index in [4.69, 9.17) is 0 Å². The van der Waals surface area contributed by atoms with Gasteiger partial charge in [0, 0.05) is 25.9 Å². The first-order chi connectivity index (χ1) is 8.63. The van der Waals surface area contributed by atoms with E-state index in [-0.39, 0.29) is 6.03 Å². The Hall–Kier alpha value is -1.02. The smallest absolute Gasteiger partial charge is 0.326 e. The Morgan fingerprint density at radius 2 is 2.17 bits per heavy atom. The van der Waals surface area contributed by atoms with Crippen LogP contribution in [-0.2, 0) is 10.8 Å². The third-order valence-corrected chi connectivity index (χ3v) is 5.40. The number of unbranched alkanes of at least 4 members (excludes halogenated alkanes) is 1. The molecule has 1 aliphatic rings. The lowest BCUT2D eigenvalue weighted by atomic mass is 10.4. The van der Waals surface area contributed by atoms with E-state index >= 15 is 0 Å². The van der Waals surface area contributed by atoms with Crippen LogP contribution < -0.4 is 4.90 Å². The van der Waals surface area contributed by atoms with Crippen molar-refractivity contribution in [2.24, 2.45) is 0 Å². The number of hydrogen-bond donors (Lipinski definition) is 0. The molecule has 2 heterocycles. The lowest BCUT2D eigenvalue weighted by Gasteiger charge is -2.10. The molecule has 0 spiro atoms. The van der Waals surface area contributed by atoms with Crippen LogP contribution in [0.25, 0.3) is 0 Å². The highest BCUT2D eigenvalue weighted by atomic mass is 32.2. The second-order valence-corrected chi connectivity index (χ2v) is 6.81. The molecule has 1 aromatic rings. The van der Waals surface area contributed by atoms with Gasteiger partial charge in [0.2, 0.25) is 9.47 Å². The first-order valence-corrected chi connectivity index (χ1v) is 8.01. The lowest BCUT2D eigenvalue weighted by Crippen LogP contribution is -2.29. The molecule has 2 amide bonds.